The van der Waals surface area contributed by atoms with Crippen molar-refractivity contribution in [1.29, 1.82) is 0 Å². The Morgan fingerprint density at radius 2 is 2.04 bits per heavy atom. The molecule has 0 saturated heterocycles. The average molecular weight is 417 g/mol. The molecule has 0 aliphatic heterocycles. The van der Waals surface area contributed by atoms with E-state index in [0.29, 0.717) is 36.2 Å². The summed E-state index contributed by atoms with van der Waals surface area (Å²) in [7, 11) is 0. The van der Waals surface area contributed by atoms with Gasteiger partial charge in [0.05, 0.1) is 16.6 Å². The molecule has 0 radical (unpaired) electrons. The van der Waals surface area contributed by atoms with Gasteiger partial charge in [0, 0.05) is 36.2 Å². The third-order valence-corrected chi connectivity index (χ3v) is 6.12. The molecule has 0 atom stereocenters. The van der Waals surface area contributed by atoms with Gasteiger partial charge >= 0.3 is 0 Å². The van der Waals surface area contributed by atoms with Crippen molar-refractivity contribution in [3.8, 4) is 0 Å². The van der Waals surface area contributed by atoms with Gasteiger partial charge in [-0.2, -0.15) is 0 Å². The van der Waals surface area contributed by atoms with Gasteiger partial charge < -0.3 is 9.73 Å². The number of hydrogen-bond donors (Lipinski definition) is 1. The van der Waals surface area contributed by atoms with Crippen LogP contribution in [0.25, 0.3) is 0 Å². The molecule has 28 heavy (non-hydrogen) atoms. The van der Waals surface area contributed by atoms with Crippen molar-refractivity contribution in [1.82, 2.24) is 20.5 Å². The molecule has 0 spiro atoms. The number of benzene rings is 1. The predicted octanol–water partition coefficient (Wildman–Crippen LogP) is 3.94. The molecule has 1 aromatic carbocycles. The van der Waals surface area contributed by atoms with Crippen LogP contribution < -0.4 is 5.32 Å². The van der Waals surface area contributed by atoms with Gasteiger partial charge in [0.2, 0.25) is 17.7 Å². The van der Waals surface area contributed by atoms with Crippen molar-refractivity contribution in [2.24, 2.45) is 0 Å². The molecule has 1 N–H and O–H groups in total. The van der Waals surface area contributed by atoms with Crippen molar-refractivity contribution in [3.05, 3.63) is 63.2 Å². The highest BCUT2D eigenvalue weighted by Gasteiger charge is 2.45. The molecule has 2 aromatic heterocycles. The Kier molecular flexibility index (Phi) is 5.73. The maximum atomic E-state index is 12.0. The number of carbonyl (C=O) groups excluding carboxylic acids is 1. The van der Waals surface area contributed by atoms with E-state index in [0.717, 1.165) is 36.9 Å². The van der Waals surface area contributed by atoms with Crippen LogP contribution in [0.1, 0.15) is 48.7 Å². The SMILES string of the molecule is O=C(CCc1nnc(C2(c3ccc(Cl)cc3)CCC2)o1)NCCc1cscn1. The topological polar surface area (TPSA) is 80.9 Å². The van der Waals surface area contributed by atoms with Gasteiger partial charge in [-0.25, -0.2) is 4.98 Å². The lowest BCUT2D eigenvalue weighted by atomic mass is 9.64. The van der Waals surface area contributed by atoms with Crippen LogP contribution in [0.2, 0.25) is 5.02 Å². The average Bonchev–Trinajstić information content (AvgIpc) is 3.33. The van der Waals surface area contributed by atoms with E-state index in [1.165, 1.54) is 0 Å². The number of rotatable bonds is 8. The summed E-state index contributed by atoms with van der Waals surface area (Å²) in [5.41, 5.74) is 3.73. The molecule has 1 aliphatic rings. The minimum atomic E-state index is -0.217. The second-order valence-electron chi connectivity index (χ2n) is 7.02. The summed E-state index contributed by atoms with van der Waals surface area (Å²) < 4.78 is 5.95. The number of aryl methyl sites for hydroxylation is 1. The second-order valence-corrected chi connectivity index (χ2v) is 8.18. The van der Waals surface area contributed by atoms with Crippen LogP contribution in [-0.4, -0.2) is 27.6 Å². The highest BCUT2D eigenvalue weighted by atomic mass is 35.5. The van der Waals surface area contributed by atoms with Crippen molar-refractivity contribution < 1.29 is 9.21 Å². The summed E-state index contributed by atoms with van der Waals surface area (Å²) in [4.78, 5) is 16.2. The first-order valence-corrected chi connectivity index (χ1v) is 10.7. The largest absolute Gasteiger partial charge is 0.424 e. The molecule has 3 aromatic rings. The maximum Gasteiger partial charge on any atom is 0.227 e. The van der Waals surface area contributed by atoms with Crippen molar-refractivity contribution >= 4 is 28.8 Å². The molecule has 146 valence electrons. The standard InChI is InChI=1S/C20H21ClN4O2S/c21-15-4-2-14(3-5-15)20(9-1-10-20)19-25-24-18(27-19)7-6-17(26)22-11-8-16-12-28-13-23-16/h2-5,12-13H,1,6-11H2,(H,22,26). The molecule has 4 rings (SSSR count). The van der Waals surface area contributed by atoms with Gasteiger partial charge in [-0.3, -0.25) is 4.79 Å². The highest BCUT2D eigenvalue weighted by molar-refractivity contribution is 7.07. The minimum absolute atomic E-state index is 0.0222. The first-order valence-electron chi connectivity index (χ1n) is 9.38. The fraction of sp³-hybridized carbons (Fsp3) is 0.400. The quantitative estimate of drug-likeness (QED) is 0.601. The Hall–Kier alpha value is -2.25. The van der Waals surface area contributed by atoms with Crippen LogP contribution in [0, 0.1) is 0 Å². The van der Waals surface area contributed by atoms with Crippen LogP contribution in [0.5, 0.6) is 0 Å². The number of nitrogens with one attached hydrogen (secondary N) is 1. The van der Waals surface area contributed by atoms with Crippen molar-refractivity contribution in [3.63, 3.8) is 0 Å². The number of amides is 1. The molecule has 1 aliphatic carbocycles. The summed E-state index contributed by atoms with van der Waals surface area (Å²) in [5, 5.41) is 14.1. The number of aromatic nitrogens is 3. The highest BCUT2D eigenvalue weighted by Crippen LogP contribution is 2.48. The van der Waals surface area contributed by atoms with E-state index in [1.807, 2.05) is 29.6 Å². The summed E-state index contributed by atoms with van der Waals surface area (Å²) in [6, 6.07) is 7.84. The summed E-state index contributed by atoms with van der Waals surface area (Å²) in [6.45, 7) is 0.581. The van der Waals surface area contributed by atoms with E-state index < -0.39 is 0 Å². The molecule has 8 heteroatoms. The Morgan fingerprint density at radius 3 is 2.71 bits per heavy atom. The van der Waals surface area contributed by atoms with Gasteiger partial charge in [-0.15, -0.1) is 21.5 Å². The third-order valence-electron chi connectivity index (χ3n) is 5.23. The van der Waals surface area contributed by atoms with Crippen LogP contribution in [-0.2, 0) is 23.1 Å². The number of carbonyl (C=O) groups is 1. The molecular formula is C20H21ClN4O2S. The molecular weight excluding hydrogens is 396 g/mol. The Bertz CT molecular complexity index is 920. The van der Waals surface area contributed by atoms with E-state index in [2.05, 4.69) is 20.5 Å². The summed E-state index contributed by atoms with van der Waals surface area (Å²) in [5.74, 6) is 1.12. The molecule has 1 saturated carbocycles. The third kappa shape index (κ3) is 4.10. The zero-order valence-corrected chi connectivity index (χ0v) is 16.9. The van der Waals surface area contributed by atoms with Gasteiger partial charge in [-0.05, 0) is 30.5 Å². The minimum Gasteiger partial charge on any atom is -0.424 e. The Labute approximate surface area is 172 Å². The predicted molar refractivity (Wildman–Crippen MR) is 108 cm³/mol. The molecule has 6 nitrogen and oxygen atoms in total. The first-order chi connectivity index (χ1) is 13.7. The van der Waals surface area contributed by atoms with Gasteiger partial charge in [0.25, 0.3) is 0 Å². The lowest BCUT2D eigenvalue weighted by molar-refractivity contribution is -0.121. The first kappa shape index (κ1) is 19.1. The normalized spacial score (nSPS) is 15.2. The number of hydrogen-bond acceptors (Lipinski definition) is 6. The summed E-state index contributed by atoms with van der Waals surface area (Å²) >= 11 is 7.57. The van der Waals surface area contributed by atoms with Crippen LogP contribution in [0.4, 0.5) is 0 Å². The van der Waals surface area contributed by atoms with E-state index in [1.54, 1.807) is 16.8 Å². The van der Waals surface area contributed by atoms with E-state index in [4.69, 9.17) is 16.0 Å². The molecule has 1 fully saturated rings. The number of thiazole rings is 1. The monoisotopic (exact) mass is 416 g/mol. The lowest BCUT2D eigenvalue weighted by Crippen LogP contribution is -2.35. The zero-order chi connectivity index (χ0) is 19.4. The van der Waals surface area contributed by atoms with Gasteiger partial charge in [0.15, 0.2) is 0 Å². The van der Waals surface area contributed by atoms with E-state index in [9.17, 15) is 4.79 Å². The van der Waals surface area contributed by atoms with Crippen LogP contribution in [0.15, 0.2) is 39.6 Å². The van der Waals surface area contributed by atoms with E-state index >= 15 is 0 Å². The molecule has 1 amide bonds. The van der Waals surface area contributed by atoms with Gasteiger partial charge in [0.1, 0.15) is 0 Å². The Morgan fingerprint density at radius 1 is 1.21 bits per heavy atom. The molecule has 0 bridgehead atoms. The lowest BCUT2D eigenvalue weighted by Gasteiger charge is -2.39. The Balaban J connectivity index is 1.32. The van der Waals surface area contributed by atoms with Crippen molar-refractivity contribution in [2.45, 2.75) is 43.9 Å². The molecule has 2 heterocycles. The number of halogens is 1. The summed E-state index contributed by atoms with van der Waals surface area (Å²) in [6.07, 6.45) is 4.59. The van der Waals surface area contributed by atoms with Crippen molar-refractivity contribution in [2.75, 3.05) is 6.54 Å². The van der Waals surface area contributed by atoms with Gasteiger partial charge in [-0.1, -0.05) is 30.2 Å². The fourth-order valence-electron chi connectivity index (χ4n) is 3.47. The second kappa shape index (κ2) is 8.41. The number of nitrogens with zero attached hydrogens (tertiary/aromatic N) is 3. The van der Waals surface area contributed by atoms with Crippen LogP contribution >= 0.6 is 22.9 Å². The maximum absolute atomic E-state index is 12.0. The van der Waals surface area contributed by atoms with E-state index in [-0.39, 0.29) is 11.3 Å². The van der Waals surface area contributed by atoms with Crippen LogP contribution in [0.3, 0.4) is 0 Å². The smallest absolute Gasteiger partial charge is 0.227 e. The molecule has 0 unspecified atom stereocenters. The fourth-order valence-corrected chi connectivity index (χ4v) is 4.19. The zero-order valence-electron chi connectivity index (χ0n) is 15.4.